The van der Waals surface area contributed by atoms with E-state index in [1.54, 1.807) is 4.57 Å². The summed E-state index contributed by atoms with van der Waals surface area (Å²) in [6, 6.07) is 17.2. The summed E-state index contributed by atoms with van der Waals surface area (Å²) in [6.45, 7) is 2.25. The van der Waals surface area contributed by atoms with Gasteiger partial charge >= 0.3 is 5.97 Å². The number of rotatable bonds is 6. The number of benzene rings is 2. The molecule has 0 atom stereocenters. The first-order valence-electron chi connectivity index (χ1n) is 9.56. The Morgan fingerprint density at radius 2 is 1.86 bits per heavy atom. The number of carboxylic acids is 1. The number of nitrogens with one attached hydrogen (secondary N) is 1. The maximum absolute atomic E-state index is 12.6. The van der Waals surface area contributed by atoms with E-state index in [0.29, 0.717) is 30.7 Å². The zero-order chi connectivity index (χ0) is 20.4. The zero-order valence-electron chi connectivity index (χ0n) is 16.1. The number of carboxylic acid groups (broad SMARTS) is 1. The largest absolute Gasteiger partial charge is 0.480 e. The van der Waals surface area contributed by atoms with Crippen LogP contribution in [0.4, 0.5) is 0 Å². The van der Waals surface area contributed by atoms with Crippen molar-refractivity contribution in [2.45, 2.75) is 26.3 Å². The first-order valence-corrected chi connectivity index (χ1v) is 9.56. The standard InChI is InChI=1S/C23H22N2O4/c1-15-18(22-19(11-12-24-23(22)28)25(15)14-21(26)27)13-16-7-5-6-10-20(16)29-17-8-3-2-4-9-17/h2-10H,11-14H2,1H3,(H,24,28)(H,26,27). The lowest BCUT2D eigenvalue weighted by atomic mass is 9.97. The number of hydrogen-bond acceptors (Lipinski definition) is 3. The Bertz CT molecular complexity index is 1070. The zero-order valence-corrected chi connectivity index (χ0v) is 16.1. The van der Waals surface area contributed by atoms with Gasteiger partial charge in [-0.2, -0.15) is 0 Å². The number of amides is 1. The highest BCUT2D eigenvalue weighted by Crippen LogP contribution is 2.32. The number of carbonyl (C=O) groups excluding carboxylic acids is 1. The maximum Gasteiger partial charge on any atom is 0.323 e. The van der Waals surface area contributed by atoms with Crippen molar-refractivity contribution in [2.24, 2.45) is 0 Å². The SMILES string of the molecule is Cc1c(Cc2ccccc2Oc2ccccc2)c2c(n1CC(=O)O)CCNC2=O. The van der Waals surface area contributed by atoms with Crippen LogP contribution in [0.15, 0.2) is 54.6 Å². The van der Waals surface area contributed by atoms with Crippen LogP contribution in [0, 0.1) is 6.92 Å². The third-order valence-corrected chi connectivity index (χ3v) is 5.24. The summed E-state index contributed by atoms with van der Waals surface area (Å²) < 4.78 is 7.82. The van der Waals surface area contributed by atoms with E-state index in [1.807, 2.05) is 61.5 Å². The molecule has 0 unspecified atom stereocenters. The molecule has 2 heterocycles. The molecule has 0 radical (unpaired) electrons. The van der Waals surface area contributed by atoms with E-state index in [2.05, 4.69) is 5.32 Å². The van der Waals surface area contributed by atoms with Crippen molar-refractivity contribution >= 4 is 11.9 Å². The van der Waals surface area contributed by atoms with E-state index in [0.717, 1.165) is 28.3 Å². The second-order valence-electron chi connectivity index (χ2n) is 7.07. The lowest BCUT2D eigenvalue weighted by molar-refractivity contribution is -0.137. The number of ether oxygens (including phenoxy) is 1. The number of aliphatic carboxylic acids is 1. The summed E-state index contributed by atoms with van der Waals surface area (Å²) >= 11 is 0. The van der Waals surface area contributed by atoms with Crippen LogP contribution in [-0.4, -0.2) is 28.1 Å². The first kappa shape index (κ1) is 18.8. The molecule has 6 nitrogen and oxygen atoms in total. The Labute approximate surface area is 168 Å². The number of hydrogen-bond donors (Lipinski definition) is 2. The van der Waals surface area contributed by atoms with Crippen molar-refractivity contribution in [2.75, 3.05) is 6.54 Å². The normalized spacial score (nSPS) is 12.9. The molecule has 29 heavy (non-hydrogen) atoms. The van der Waals surface area contributed by atoms with Crippen molar-refractivity contribution in [1.82, 2.24) is 9.88 Å². The predicted octanol–water partition coefficient (Wildman–Crippen LogP) is 3.55. The average Bonchev–Trinajstić information content (AvgIpc) is 2.97. The van der Waals surface area contributed by atoms with Crippen LogP contribution in [0.1, 0.15) is 32.9 Å². The highest BCUT2D eigenvalue weighted by molar-refractivity contribution is 5.98. The third-order valence-electron chi connectivity index (χ3n) is 5.24. The number of carbonyl (C=O) groups is 2. The highest BCUT2D eigenvalue weighted by Gasteiger charge is 2.29. The fourth-order valence-corrected chi connectivity index (χ4v) is 3.89. The van der Waals surface area contributed by atoms with E-state index in [1.165, 1.54) is 0 Å². The van der Waals surface area contributed by atoms with Crippen molar-refractivity contribution in [1.29, 1.82) is 0 Å². The van der Waals surface area contributed by atoms with Crippen LogP contribution in [0.5, 0.6) is 11.5 Å². The summed E-state index contributed by atoms with van der Waals surface area (Å²) in [4.78, 5) is 24.0. The molecule has 0 bridgehead atoms. The van der Waals surface area contributed by atoms with Gasteiger partial charge < -0.3 is 19.7 Å². The fourth-order valence-electron chi connectivity index (χ4n) is 3.89. The minimum Gasteiger partial charge on any atom is -0.480 e. The number of fused-ring (bicyclic) bond motifs is 1. The van der Waals surface area contributed by atoms with Gasteiger partial charge in [0.2, 0.25) is 0 Å². The van der Waals surface area contributed by atoms with Crippen LogP contribution < -0.4 is 10.1 Å². The van der Waals surface area contributed by atoms with Crippen LogP contribution in [0.3, 0.4) is 0 Å². The molecule has 1 aliphatic rings. The van der Waals surface area contributed by atoms with E-state index in [-0.39, 0.29) is 12.5 Å². The Morgan fingerprint density at radius 3 is 2.62 bits per heavy atom. The molecule has 0 aliphatic carbocycles. The molecule has 148 valence electrons. The fraction of sp³-hybridized carbons (Fsp3) is 0.217. The molecule has 1 aliphatic heterocycles. The molecule has 1 amide bonds. The topological polar surface area (TPSA) is 80.6 Å². The van der Waals surface area contributed by atoms with Gasteiger partial charge in [0.25, 0.3) is 5.91 Å². The van der Waals surface area contributed by atoms with Gasteiger partial charge in [0.05, 0.1) is 5.56 Å². The van der Waals surface area contributed by atoms with Crippen LogP contribution in [0.25, 0.3) is 0 Å². The average molecular weight is 390 g/mol. The monoisotopic (exact) mass is 390 g/mol. The van der Waals surface area contributed by atoms with Gasteiger partial charge in [0.15, 0.2) is 0 Å². The number of aromatic nitrogens is 1. The Kier molecular flexibility index (Phi) is 5.08. The van der Waals surface area contributed by atoms with Gasteiger partial charge in [-0.05, 0) is 36.2 Å². The summed E-state index contributed by atoms with van der Waals surface area (Å²) in [7, 11) is 0. The van der Waals surface area contributed by atoms with Gasteiger partial charge in [0.1, 0.15) is 18.0 Å². The van der Waals surface area contributed by atoms with Crippen molar-refractivity contribution in [3.05, 3.63) is 82.7 Å². The maximum atomic E-state index is 12.6. The number of nitrogens with zero attached hydrogens (tertiary/aromatic N) is 1. The molecule has 1 aromatic heterocycles. The predicted molar refractivity (Wildman–Crippen MR) is 109 cm³/mol. The summed E-state index contributed by atoms with van der Waals surface area (Å²) in [5.41, 5.74) is 3.99. The molecule has 4 rings (SSSR count). The molecule has 0 spiro atoms. The lowest BCUT2D eigenvalue weighted by Crippen LogP contribution is -2.33. The van der Waals surface area contributed by atoms with E-state index >= 15 is 0 Å². The van der Waals surface area contributed by atoms with Crippen molar-refractivity contribution < 1.29 is 19.4 Å². The molecule has 0 fully saturated rings. The minimum absolute atomic E-state index is 0.144. The van der Waals surface area contributed by atoms with E-state index in [4.69, 9.17) is 4.74 Å². The second-order valence-corrected chi connectivity index (χ2v) is 7.07. The molecule has 6 heteroatoms. The molecular formula is C23H22N2O4. The molecule has 2 N–H and O–H groups in total. The van der Waals surface area contributed by atoms with Crippen LogP contribution in [0.2, 0.25) is 0 Å². The van der Waals surface area contributed by atoms with Crippen molar-refractivity contribution in [3.63, 3.8) is 0 Å². The number of para-hydroxylation sites is 2. The van der Waals surface area contributed by atoms with Gasteiger partial charge in [0, 0.05) is 30.8 Å². The lowest BCUT2D eigenvalue weighted by Gasteiger charge is -2.16. The smallest absolute Gasteiger partial charge is 0.323 e. The van der Waals surface area contributed by atoms with Gasteiger partial charge in [-0.1, -0.05) is 36.4 Å². The van der Waals surface area contributed by atoms with Crippen LogP contribution >= 0.6 is 0 Å². The van der Waals surface area contributed by atoms with Gasteiger partial charge in [-0.25, -0.2) is 0 Å². The van der Waals surface area contributed by atoms with Crippen molar-refractivity contribution in [3.8, 4) is 11.5 Å². The Morgan fingerprint density at radius 1 is 1.14 bits per heavy atom. The Balaban J connectivity index is 1.75. The second kappa shape index (κ2) is 7.83. The van der Waals surface area contributed by atoms with Crippen LogP contribution in [-0.2, 0) is 24.2 Å². The molecule has 0 saturated heterocycles. The van der Waals surface area contributed by atoms with Gasteiger partial charge in [-0.15, -0.1) is 0 Å². The first-order chi connectivity index (χ1) is 14.0. The summed E-state index contributed by atoms with van der Waals surface area (Å²) in [5.74, 6) is 0.389. The summed E-state index contributed by atoms with van der Waals surface area (Å²) in [6.07, 6.45) is 1.11. The quantitative estimate of drug-likeness (QED) is 0.675. The van der Waals surface area contributed by atoms with E-state index < -0.39 is 5.97 Å². The third kappa shape index (κ3) is 3.74. The minimum atomic E-state index is -0.920. The van der Waals surface area contributed by atoms with Gasteiger partial charge in [-0.3, -0.25) is 9.59 Å². The molecular weight excluding hydrogens is 368 g/mol. The summed E-state index contributed by atoms with van der Waals surface area (Å²) in [5, 5.41) is 12.2. The molecule has 3 aromatic rings. The Hall–Kier alpha value is -3.54. The highest BCUT2D eigenvalue weighted by atomic mass is 16.5. The molecule has 0 saturated carbocycles. The van der Waals surface area contributed by atoms with E-state index in [9.17, 15) is 14.7 Å². The molecule has 2 aromatic carbocycles.